The molecule has 2 aromatic rings. The second-order valence-corrected chi connectivity index (χ2v) is 6.70. The Balaban J connectivity index is 2.39. The zero-order chi connectivity index (χ0) is 15.6. The highest BCUT2D eigenvalue weighted by atomic mass is 35.5. The molecule has 0 spiro atoms. The van der Waals surface area contributed by atoms with Gasteiger partial charge in [-0.2, -0.15) is 0 Å². The van der Waals surface area contributed by atoms with Crippen molar-refractivity contribution < 1.29 is 13.2 Å². The zero-order valence-corrected chi connectivity index (χ0v) is 13.6. The maximum atomic E-state index is 12.3. The van der Waals surface area contributed by atoms with Crippen LogP contribution in [0.5, 0.6) is 5.75 Å². The molecule has 1 N–H and O–H groups in total. The normalized spacial score (nSPS) is 11.2. The number of ether oxygens (including phenoxy) is 1. The van der Waals surface area contributed by atoms with Crippen LogP contribution in [0.25, 0.3) is 0 Å². The van der Waals surface area contributed by atoms with E-state index in [4.69, 9.17) is 27.9 Å². The van der Waals surface area contributed by atoms with Gasteiger partial charge in [-0.25, -0.2) is 13.4 Å². The topological polar surface area (TPSA) is 68.3 Å². The lowest BCUT2D eigenvalue weighted by molar-refractivity contribution is 0.416. The maximum Gasteiger partial charge on any atom is 0.263 e. The van der Waals surface area contributed by atoms with Crippen molar-refractivity contribution in [3.63, 3.8) is 0 Å². The van der Waals surface area contributed by atoms with E-state index in [0.717, 1.165) is 11.8 Å². The molecule has 0 unspecified atom stereocenters. The highest BCUT2D eigenvalue weighted by Gasteiger charge is 2.18. The van der Waals surface area contributed by atoms with Gasteiger partial charge in [0.25, 0.3) is 10.0 Å². The molecule has 0 amide bonds. The van der Waals surface area contributed by atoms with Gasteiger partial charge in [0, 0.05) is 6.20 Å². The highest BCUT2D eigenvalue weighted by molar-refractivity contribution is 7.92. The number of aryl methyl sites for hydroxylation is 1. The predicted octanol–water partition coefficient (Wildman–Crippen LogP) is 3.51. The summed E-state index contributed by atoms with van der Waals surface area (Å²) in [6, 6.07) is 6.36. The van der Waals surface area contributed by atoms with Crippen molar-refractivity contribution in [1.82, 2.24) is 4.98 Å². The number of aromatic nitrogens is 1. The van der Waals surface area contributed by atoms with Crippen LogP contribution in [0.15, 0.2) is 35.4 Å². The Hall–Kier alpha value is -1.50. The molecule has 0 bridgehead atoms. The monoisotopic (exact) mass is 346 g/mol. The van der Waals surface area contributed by atoms with Crippen LogP contribution in [0.3, 0.4) is 0 Å². The maximum absolute atomic E-state index is 12.3. The van der Waals surface area contributed by atoms with Crippen molar-refractivity contribution in [3.8, 4) is 5.75 Å². The van der Waals surface area contributed by atoms with Gasteiger partial charge in [-0.15, -0.1) is 0 Å². The standard InChI is InChI=1S/C13H12Cl2N2O3S/c1-8-3-4-11(12(5-8)20-2)17-21(18,19)9-6-10(14)13(15)16-7-9/h3-7,17H,1-2H3. The van der Waals surface area contributed by atoms with Crippen molar-refractivity contribution in [1.29, 1.82) is 0 Å². The van der Waals surface area contributed by atoms with Crippen LogP contribution in [0, 0.1) is 6.92 Å². The van der Waals surface area contributed by atoms with E-state index < -0.39 is 10.0 Å². The third kappa shape index (κ3) is 3.58. The first-order valence-electron chi connectivity index (χ1n) is 5.82. The Morgan fingerprint density at radius 1 is 1.24 bits per heavy atom. The first-order valence-corrected chi connectivity index (χ1v) is 8.06. The van der Waals surface area contributed by atoms with E-state index in [1.165, 1.54) is 13.2 Å². The number of nitrogens with one attached hydrogen (secondary N) is 1. The number of rotatable bonds is 4. The molecule has 1 aromatic heterocycles. The van der Waals surface area contributed by atoms with Gasteiger partial charge in [-0.1, -0.05) is 29.3 Å². The van der Waals surface area contributed by atoms with Gasteiger partial charge in [-0.3, -0.25) is 4.72 Å². The number of hydrogen-bond donors (Lipinski definition) is 1. The number of hydrogen-bond acceptors (Lipinski definition) is 4. The molecule has 0 fully saturated rings. The SMILES string of the molecule is COc1cc(C)ccc1NS(=O)(=O)c1cnc(Cl)c(Cl)c1. The number of nitrogens with zero attached hydrogens (tertiary/aromatic N) is 1. The molecular weight excluding hydrogens is 335 g/mol. The molecule has 0 atom stereocenters. The number of anilines is 1. The minimum Gasteiger partial charge on any atom is -0.495 e. The Kier molecular flexibility index (Phi) is 4.61. The second-order valence-electron chi connectivity index (χ2n) is 4.25. The summed E-state index contributed by atoms with van der Waals surface area (Å²) in [7, 11) is -2.37. The van der Waals surface area contributed by atoms with E-state index in [0.29, 0.717) is 11.4 Å². The molecular formula is C13H12Cl2N2O3S. The van der Waals surface area contributed by atoms with Crippen molar-refractivity contribution in [2.75, 3.05) is 11.8 Å². The highest BCUT2D eigenvalue weighted by Crippen LogP contribution is 2.29. The third-order valence-electron chi connectivity index (χ3n) is 2.68. The van der Waals surface area contributed by atoms with Crippen LogP contribution in [0.2, 0.25) is 10.2 Å². The molecule has 0 aliphatic rings. The number of sulfonamides is 1. The van der Waals surface area contributed by atoms with Gasteiger partial charge in [0.15, 0.2) is 0 Å². The lowest BCUT2D eigenvalue weighted by Crippen LogP contribution is -2.14. The Morgan fingerprint density at radius 2 is 1.95 bits per heavy atom. The van der Waals surface area contributed by atoms with Gasteiger partial charge in [0.1, 0.15) is 15.8 Å². The minimum absolute atomic E-state index is 0.0449. The average Bonchev–Trinajstić information content (AvgIpc) is 2.43. The second kappa shape index (κ2) is 6.09. The Bertz CT molecular complexity index is 779. The van der Waals surface area contributed by atoms with Crippen molar-refractivity contribution in [3.05, 3.63) is 46.2 Å². The quantitative estimate of drug-likeness (QED) is 0.860. The van der Waals surface area contributed by atoms with Crippen LogP contribution in [0.1, 0.15) is 5.56 Å². The number of methoxy groups -OCH3 is 1. The van der Waals surface area contributed by atoms with Gasteiger partial charge in [0.2, 0.25) is 0 Å². The molecule has 8 heteroatoms. The fourth-order valence-corrected chi connectivity index (χ4v) is 3.01. The van der Waals surface area contributed by atoms with Gasteiger partial charge >= 0.3 is 0 Å². The zero-order valence-electron chi connectivity index (χ0n) is 11.2. The Morgan fingerprint density at radius 3 is 2.57 bits per heavy atom. The van der Waals surface area contributed by atoms with Crippen molar-refractivity contribution in [2.24, 2.45) is 0 Å². The summed E-state index contributed by atoms with van der Waals surface area (Å²) in [6.07, 6.45) is 1.14. The predicted molar refractivity (Wildman–Crippen MR) is 82.8 cm³/mol. The summed E-state index contributed by atoms with van der Waals surface area (Å²) < 4.78 is 32.2. The molecule has 5 nitrogen and oxygen atoms in total. The molecule has 0 saturated carbocycles. The van der Waals surface area contributed by atoms with E-state index in [1.54, 1.807) is 18.2 Å². The molecule has 0 saturated heterocycles. The smallest absolute Gasteiger partial charge is 0.263 e. The van der Waals surface area contributed by atoms with Crippen LogP contribution in [-0.2, 0) is 10.0 Å². The van der Waals surface area contributed by atoms with Crippen LogP contribution in [0.4, 0.5) is 5.69 Å². The van der Waals surface area contributed by atoms with Gasteiger partial charge < -0.3 is 4.74 Å². The lowest BCUT2D eigenvalue weighted by Gasteiger charge is -2.12. The molecule has 0 aliphatic heterocycles. The van der Waals surface area contributed by atoms with Gasteiger partial charge in [-0.05, 0) is 30.7 Å². The van der Waals surface area contributed by atoms with Crippen molar-refractivity contribution >= 4 is 38.9 Å². The molecule has 2 rings (SSSR count). The first kappa shape index (κ1) is 15.9. The molecule has 1 heterocycles. The average molecular weight is 347 g/mol. The summed E-state index contributed by atoms with van der Waals surface area (Å²) in [5.74, 6) is 0.423. The van der Waals surface area contributed by atoms with Crippen LogP contribution >= 0.6 is 23.2 Å². The number of halogens is 2. The van der Waals surface area contributed by atoms with E-state index in [9.17, 15) is 8.42 Å². The first-order chi connectivity index (χ1) is 9.83. The summed E-state index contributed by atoms with van der Waals surface area (Å²) in [6.45, 7) is 1.88. The number of benzene rings is 1. The van der Waals surface area contributed by atoms with E-state index in [1.807, 2.05) is 6.92 Å². The van der Waals surface area contributed by atoms with Crippen LogP contribution in [-0.4, -0.2) is 20.5 Å². The molecule has 21 heavy (non-hydrogen) atoms. The summed E-state index contributed by atoms with van der Waals surface area (Å²) in [4.78, 5) is 3.64. The molecule has 0 aliphatic carbocycles. The van der Waals surface area contributed by atoms with Gasteiger partial charge in [0.05, 0.1) is 17.8 Å². The summed E-state index contributed by atoms with van der Waals surface area (Å²) >= 11 is 11.5. The molecule has 112 valence electrons. The largest absolute Gasteiger partial charge is 0.495 e. The van der Waals surface area contributed by atoms with E-state index in [-0.39, 0.29) is 15.1 Å². The fourth-order valence-electron chi connectivity index (χ4n) is 1.64. The summed E-state index contributed by atoms with van der Waals surface area (Å²) in [5.41, 5.74) is 1.28. The summed E-state index contributed by atoms with van der Waals surface area (Å²) in [5, 5.41) is 0.110. The molecule has 0 radical (unpaired) electrons. The minimum atomic E-state index is -3.83. The third-order valence-corrected chi connectivity index (χ3v) is 4.70. The van der Waals surface area contributed by atoms with Crippen LogP contribution < -0.4 is 9.46 Å². The van der Waals surface area contributed by atoms with E-state index in [2.05, 4.69) is 9.71 Å². The van der Waals surface area contributed by atoms with E-state index >= 15 is 0 Å². The Labute approximate surface area is 132 Å². The van der Waals surface area contributed by atoms with Crippen molar-refractivity contribution in [2.45, 2.75) is 11.8 Å². The molecule has 1 aromatic carbocycles. The lowest BCUT2D eigenvalue weighted by atomic mass is 10.2. The number of pyridine rings is 1. The fraction of sp³-hybridized carbons (Fsp3) is 0.154.